The summed E-state index contributed by atoms with van der Waals surface area (Å²) in [7, 11) is 0. The Bertz CT molecular complexity index is 724. The summed E-state index contributed by atoms with van der Waals surface area (Å²) in [5.74, 6) is 2.87. The Kier molecular flexibility index (Phi) is 6.15. The third-order valence-corrected chi connectivity index (χ3v) is 5.94. The number of nitrogens with zero attached hydrogens (tertiary/aromatic N) is 4. The van der Waals surface area contributed by atoms with E-state index in [1.54, 1.807) is 0 Å². The highest BCUT2D eigenvalue weighted by atomic mass is 79.9. The van der Waals surface area contributed by atoms with Crippen LogP contribution in [0.5, 0.6) is 0 Å². The van der Waals surface area contributed by atoms with Crippen LogP contribution in [-0.2, 0) is 19.6 Å². The second kappa shape index (κ2) is 8.16. The average molecular weight is 427 g/mol. The van der Waals surface area contributed by atoms with Crippen LogP contribution in [0.2, 0.25) is 0 Å². The van der Waals surface area contributed by atoms with Gasteiger partial charge in [-0.3, -0.25) is 4.90 Å². The Hall–Kier alpha value is -0.950. The molecule has 0 amide bonds. The summed E-state index contributed by atoms with van der Waals surface area (Å²) in [5.41, 5.74) is 2.68. The number of halogens is 2. The van der Waals surface area contributed by atoms with Gasteiger partial charge >= 0.3 is 0 Å². The van der Waals surface area contributed by atoms with Crippen molar-refractivity contribution < 1.29 is 0 Å². The second-order valence-electron chi connectivity index (χ2n) is 6.95. The van der Waals surface area contributed by atoms with Gasteiger partial charge in [0.1, 0.15) is 11.6 Å². The number of nitrogens with one attached hydrogen (secondary N) is 1. The van der Waals surface area contributed by atoms with Crippen LogP contribution in [0.3, 0.4) is 0 Å². The predicted molar refractivity (Wildman–Crippen MR) is 105 cm³/mol. The van der Waals surface area contributed by atoms with Gasteiger partial charge in [-0.05, 0) is 50.0 Å². The molecule has 0 saturated carbocycles. The molecule has 1 N–H and O–H groups in total. The molecule has 0 bridgehead atoms. The van der Waals surface area contributed by atoms with Gasteiger partial charge in [0, 0.05) is 30.0 Å². The van der Waals surface area contributed by atoms with Crippen LogP contribution in [0.15, 0.2) is 22.7 Å². The van der Waals surface area contributed by atoms with E-state index in [2.05, 4.69) is 66.0 Å². The molecule has 0 radical (unpaired) electrons. The van der Waals surface area contributed by atoms with E-state index in [0.29, 0.717) is 5.92 Å². The molecule has 1 fully saturated rings. The lowest BCUT2D eigenvalue weighted by atomic mass is 9.95. The summed E-state index contributed by atoms with van der Waals surface area (Å²) in [6.45, 7) is 8.31. The first-order valence-corrected chi connectivity index (χ1v) is 9.60. The number of aromatic nitrogens is 3. The van der Waals surface area contributed by atoms with E-state index >= 15 is 0 Å². The Balaban J connectivity index is 0.00000182. The number of benzene rings is 1. The molecule has 2 aliphatic heterocycles. The third-order valence-electron chi connectivity index (χ3n) is 5.21. The first kappa shape index (κ1) is 18.8. The minimum absolute atomic E-state index is 0. The number of likely N-dealkylation sites (tertiary alicyclic amines) is 1. The number of hydrogen-bond acceptors (Lipinski definition) is 4. The molecule has 4 rings (SSSR count). The number of piperidine rings is 1. The zero-order chi connectivity index (χ0) is 16.5. The fourth-order valence-electron chi connectivity index (χ4n) is 3.79. The van der Waals surface area contributed by atoms with Crippen molar-refractivity contribution in [3.63, 3.8) is 0 Å². The zero-order valence-electron chi connectivity index (χ0n) is 14.5. The highest BCUT2D eigenvalue weighted by Crippen LogP contribution is 2.29. The van der Waals surface area contributed by atoms with Crippen molar-refractivity contribution in [2.45, 2.75) is 45.3 Å². The predicted octanol–water partition coefficient (Wildman–Crippen LogP) is 3.25. The standard InChI is InChI=1S/C18H24BrN5.ClH/c1-13-2-3-15(16(19)10-13)12-23-7-4-14(5-8-23)18-22-21-17-11-20-6-9-24(17)18;/h2-3,10,14,20H,4-9,11-12H2,1H3;1H. The quantitative estimate of drug-likeness (QED) is 0.818. The van der Waals surface area contributed by atoms with Crippen molar-refractivity contribution in [2.75, 3.05) is 19.6 Å². The number of fused-ring (bicyclic) bond motifs is 1. The van der Waals surface area contributed by atoms with Crippen LogP contribution >= 0.6 is 28.3 Å². The minimum atomic E-state index is 0. The van der Waals surface area contributed by atoms with Gasteiger partial charge in [0.15, 0.2) is 0 Å². The van der Waals surface area contributed by atoms with Gasteiger partial charge in [-0.15, -0.1) is 22.6 Å². The maximum absolute atomic E-state index is 4.50. The van der Waals surface area contributed by atoms with E-state index < -0.39 is 0 Å². The average Bonchev–Trinajstić information content (AvgIpc) is 3.02. The van der Waals surface area contributed by atoms with Crippen molar-refractivity contribution in [1.82, 2.24) is 25.0 Å². The van der Waals surface area contributed by atoms with Crippen LogP contribution in [0.25, 0.3) is 0 Å². The first-order valence-electron chi connectivity index (χ1n) is 8.81. The summed E-state index contributed by atoms with van der Waals surface area (Å²) in [6.07, 6.45) is 2.35. The summed E-state index contributed by atoms with van der Waals surface area (Å²) >= 11 is 3.70. The molecule has 3 heterocycles. The molecule has 0 spiro atoms. The summed E-state index contributed by atoms with van der Waals surface area (Å²) in [6, 6.07) is 6.65. The Morgan fingerprint density at radius 1 is 1.20 bits per heavy atom. The maximum atomic E-state index is 4.50. The highest BCUT2D eigenvalue weighted by Gasteiger charge is 2.27. The lowest BCUT2D eigenvalue weighted by molar-refractivity contribution is 0.199. The van der Waals surface area contributed by atoms with Crippen LogP contribution in [0.4, 0.5) is 0 Å². The Morgan fingerprint density at radius 2 is 2.00 bits per heavy atom. The van der Waals surface area contributed by atoms with Crippen LogP contribution in [0.1, 0.15) is 41.5 Å². The first-order chi connectivity index (χ1) is 11.7. The molecular formula is C18H25BrClN5. The molecule has 2 aliphatic rings. The zero-order valence-corrected chi connectivity index (χ0v) is 16.9. The molecule has 2 aromatic rings. The van der Waals surface area contributed by atoms with E-state index in [9.17, 15) is 0 Å². The molecule has 1 aromatic carbocycles. The van der Waals surface area contributed by atoms with Gasteiger partial charge in [0.05, 0.1) is 6.54 Å². The molecule has 1 saturated heterocycles. The van der Waals surface area contributed by atoms with Crippen LogP contribution in [-0.4, -0.2) is 39.3 Å². The van der Waals surface area contributed by atoms with Crippen LogP contribution in [0, 0.1) is 6.92 Å². The highest BCUT2D eigenvalue weighted by molar-refractivity contribution is 9.10. The van der Waals surface area contributed by atoms with Crippen molar-refractivity contribution >= 4 is 28.3 Å². The molecule has 5 nitrogen and oxygen atoms in total. The van der Waals surface area contributed by atoms with Gasteiger partial charge in [0.25, 0.3) is 0 Å². The SMILES string of the molecule is Cc1ccc(CN2CCC(c3nnc4n3CCNC4)CC2)c(Br)c1.Cl. The fourth-order valence-corrected chi connectivity index (χ4v) is 4.41. The van der Waals surface area contributed by atoms with Crippen LogP contribution < -0.4 is 5.32 Å². The lowest BCUT2D eigenvalue weighted by Crippen LogP contribution is -2.34. The van der Waals surface area contributed by atoms with E-state index in [1.807, 2.05) is 0 Å². The lowest BCUT2D eigenvalue weighted by Gasteiger charge is -2.32. The summed E-state index contributed by atoms with van der Waals surface area (Å²) < 4.78 is 3.57. The van der Waals surface area contributed by atoms with Gasteiger partial charge in [-0.1, -0.05) is 28.1 Å². The molecule has 7 heteroatoms. The van der Waals surface area contributed by atoms with Crippen molar-refractivity contribution in [2.24, 2.45) is 0 Å². The normalized spacial score (nSPS) is 18.6. The maximum Gasteiger partial charge on any atom is 0.147 e. The van der Waals surface area contributed by atoms with Gasteiger partial charge < -0.3 is 9.88 Å². The fraction of sp³-hybridized carbons (Fsp3) is 0.556. The monoisotopic (exact) mass is 425 g/mol. The van der Waals surface area contributed by atoms with Crippen molar-refractivity contribution in [3.8, 4) is 0 Å². The second-order valence-corrected chi connectivity index (χ2v) is 7.80. The Morgan fingerprint density at radius 3 is 2.76 bits per heavy atom. The number of rotatable bonds is 3. The van der Waals surface area contributed by atoms with E-state index in [-0.39, 0.29) is 12.4 Å². The topological polar surface area (TPSA) is 46.0 Å². The molecule has 25 heavy (non-hydrogen) atoms. The summed E-state index contributed by atoms with van der Waals surface area (Å²) in [5, 5.41) is 12.2. The molecule has 0 atom stereocenters. The Labute approximate surface area is 163 Å². The minimum Gasteiger partial charge on any atom is -0.312 e. The van der Waals surface area contributed by atoms with Gasteiger partial charge in [0.2, 0.25) is 0 Å². The van der Waals surface area contributed by atoms with Crippen molar-refractivity contribution in [3.05, 3.63) is 45.4 Å². The summed E-state index contributed by atoms with van der Waals surface area (Å²) in [4.78, 5) is 2.56. The molecule has 0 aliphatic carbocycles. The van der Waals surface area contributed by atoms with E-state index in [1.165, 1.54) is 34.3 Å². The number of aryl methyl sites for hydroxylation is 1. The molecule has 136 valence electrons. The van der Waals surface area contributed by atoms with Crippen molar-refractivity contribution in [1.29, 1.82) is 0 Å². The third kappa shape index (κ3) is 4.08. The smallest absolute Gasteiger partial charge is 0.147 e. The van der Waals surface area contributed by atoms with Gasteiger partial charge in [-0.2, -0.15) is 0 Å². The number of hydrogen-bond donors (Lipinski definition) is 1. The largest absolute Gasteiger partial charge is 0.312 e. The molecule has 0 unspecified atom stereocenters. The molecular weight excluding hydrogens is 402 g/mol. The van der Waals surface area contributed by atoms with E-state index in [0.717, 1.165) is 45.1 Å². The van der Waals surface area contributed by atoms with Gasteiger partial charge in [-0.25, -0.2) is 0 Å². The van der Waals surface area contributed by atoms with E-state index in [4.69, 9.17) is 0 Å². The molecule has 1 aromatic heterocycles.